The maximum Gasteiger partial charge on any atom is 0.0492 e. The third kappa shape index (κ3) is 4.44. The van der Waals surface area contributed by atoms with Crippen LogP contribution in [0.2, 0.25) is 0 Å². The van der Waals surface area contributed by atoms with Gasteiger partial charge in [0.2, 0.25) is 0 Å². The van der Waals surface area contributed by atoms with Gasteiger partial charge in [-0.25, -0.2) is 0 Å². The van der Waals surface area contributed by atoms with E-state index in [1.54, 1.807) is 0 Å². The average molecular weight is 544 g/mol. The summed E-state index contributed by atoms with van der Waals surface area (Å²) in [6.07, 6.45) is 2.64. The van der Waals surface area contributed by atoms with Gasteiger partial charge >= 0.3 is 0 Å². The lowest BCUT2D eigenvalue weighted by Gasteiger charge is -2.44. The van der Waals surface area contributed by atoms with E-state index in [2.05, 4.69) is 154 Å². The summed E-state index contributed by atoms with van der Waals surface area (Å²) in [6, 6.07) is 27.8. The summed E-state index contributed by atoms with van der Waals surface area (Å²) in [7, 11) is 2.24. The first kappa shape index (κ1) is 29.2. The van der Waals surface area contributed by atoms with Crippen molar-refractivity contribution in [1.29, 1.82) is 0 Å². The number of fused-ring (bicyclic) bond motifs is 5. The Labute approximate surface area is 248 Å². The summed E-state index contributed by atoms with van der Waals surface area (Å²) in [4.78, 5) is 0. The van der Waals surface area contributed by atoms with E-state index in [9.17, 15) is 0 Å². The van der Waals surface area contributed by atoms with Crippen LogP contribution < -0.4 is 0 Å². The van der Waals surface area contributed by atoms with Crippen molar-refractivity contribution in [3.8, 4) is 0 Å². The number of hydrogen-bond donors (Lipinski definition) is 0. The van der Waals surface area contributed by atoms with Gasteiger partial charge in [-0.2, -0.15) is 0 Å². The van der Waals surface area contributed by atoms with Crippen molar-refractivity contribution in [3.05, 3.63) is 117 Å². The Morgan fingerprint density at radius 2 is 1.07 bits per heavy atom. The third-order valence-electron chi connectivity index (χ3n) is 10.1. The Balaban J connectivity index is 0.000000794. The van der Waals surface area contributed by atoms with Gasteiger partial charge in [0.1, 0.15) is 0 Å². The molecule has 1 aromatic heterocycles. The maximum atomic E-state index is 2.51. The van der Waals surface area contributed by atoms with E-state index in [0.717, 1.165) is 0 Å². The Bertz CT molecular complexity index is 1750. The fourth-order valence-corrected chi connectivity index (χ4v) is 7.39. The van der Waals surface area contributed by atoms with Gasteiger partial charge in [0.15, 0.2) is 0 Å². The largest absolute Gasteiger partial charge is 0.344 e. The topological polar surface area (TPSA) is 4.93 Å². The second kappa shape index (κ2) is 10.2. The minimum absolute atomic E-state index is 0.0417. The number of unbranched alkanes of at least 4 members (excludes halogenated alkanes) is 1. The second-order valence-electron chi connectivity index (χ2n) is 13.9. The van der Waals surface area contributed by atoms with E-state index in [1.165, 1.54) is 79.2 Å². The molecule has 4 aromatic carbocycles. The molecular weight excluding hydrogens is 494 g/mol. The van der Waals surface area contributed by atoms with Gasteiger partial charge < -0.3 is 4.57 Å². The van der Waals surface area contributed by atoms with Crippen LogP contribution in [-0.2, 0) is 23.3 Å². The molecule has 0 saturated heterocycles. The fourth-order valence-electron chi connectivity index (χ4n) is 7.39. The third-order valence-corrected chi connectivity index (χ3v) is 10.1. The standard InChI is InChI=1S/C36H39N.C4H10/c1-22-14-10-11-15-26(22)34(3,4)29-20-32-24(18-23(29)2)25-19-30-31(21-33(25)37(32)9)36(7,8)28-17-13-12-16-27(28)35(30,5)6;1-3-4-2/h10-21H,1-9H3;3-4H2,1-2H3. The summed E-state index contributed by atoms with van der Waals surface area (Å²) in [5.74, 6) is 0. The molecule has 1 nitrogen and oxygen atoms in total. The van der Waals surface area contributed by atoms with Gasteiger partial charge in [-0.1, -0.05) is 117 Å². The fraction of sp³-hybridized carbons (Fsp3) is 0.400. The van der Waals surface area contributed by atoms with Crippen LogP contribution in [0.4, 0.5) is 0 Å². The number of aromatic nitrogens is 1. The normalized spacial score (nSPS) is 15.3. The van der Waals surface area contributed by atoms with Crippen LogP contribution in [0.25, 0.3) is 21.8 Å². The van der Waals surface area contributed by atoms with Crippen molar-refractivity contribution in [3.63, 3.8) is 0 Å². The second-order valence-corrected chi connectivity index (χ2v) is 13.9. The van der Waals surface area contributed by atoms with Crippen LogP contribution in [0.5, 0.6) is 0 Å². The van der Waals surface area contributed by atoms with E-state index < -0.39 is 0 Å². The van der Waals surface area contributed by atoms with E-state index in [0.29, 0.717) is 0 Å². The zero-order valence-electron chi connectivity index (χ0n) is 27.3. The highest BCUT2D eigenvalue weighted by Gasteiger charge is 2.42. The van der Waals surface area contributed by atoms with Crippen molar-refractivity contribution in [2.45, 2.75) is 98.3 Å². The summed E-state index contributed by atoms with van der Waals surface area (Å²) in [5, 5.41) is 2.72. The van der Waals surface area contributed by atoms with Gasteiger partial charge in [-0.05, 0) is 82.6 Å². The lowest BCUT2D eigenvalue weighted by atomic mass is 9.60. The van der Waals surface area contributed by atoms with Crippen molar-refractivity contribution >= 4 is 21.8 Å². The molecule has 0 aliphatic heterocycles. The van der Waals surface area contributed by atoms with Gasteiger partial charge in [0.05, 0.1) is 0 Å². The number of aryl methyl sites for hydroxylation is 3. The smallest absolute Gasteiger partial charge is 0.0492 e. The first-order chi connectivity index (χ1) is 19.3. The molecule has 0 atom stereocenters. The average Bonchev–Trinajstić information content (AvgIpc) is 3.21. The Hall–Kier alpha value is -3.32. The highest BCUT2D eigenvalue weighted by molar-refractivity contribution is 6.09. The first-order valence-corrected chi connectivity index (χ1v) is 15.5. The van der Waals surface area contributed by atoms with Crippen molar-refractivity contribution < 1.29 is 0 Å². The highest BCUT2D eigenvalue weighted by atomic mass is 14.9. The van der Waals surface area contributed by atoms with Gasteiger partial charge in [0.25, 0.3) is 0 Å². The number of rotatable bonds is 3. The molecule has 0 unspecified atom stereocenters. The Morgan fingerprint density at radius 3 is 1.63 bits per heavy atom. The van der Waals surface area contributed by atoms with Crippen molar-refractivity contribution in [1.82, 2.24) is 4.57 Å². The summed E-state index contributed by atoms with van der Waals surface area (Å²) in [5.41, 5.74) is 13.8. The van der Waals surface area contributed by atoms with E-state index in [1.807, 2.05) is 0 Å². The van der Waals surface area contributed by atoms with E-state index in [4.69, 9.17) is 0 Å². The summed E-state index contributed by atoms with van der Waals surface area (Å²) in [6.45, 7) is 23.2. The van der Waals surface area contributed by atoms with Crippen LogP contribution in [0, 0.1) is 13.8 Å². The van der Waals surface area contributed by atoms with Gasteiger partial charge in [-0.15, -0.1) is 0 Å². The molecule has 0 bridgehead atoms. The Morgan fingerprint density at radius 1 is 0.585 bits per heavy atom. The molecule has 1 heteroatoms. The molecule has 6 rings (SSSR count). The minimum atomic E-state index is -0.0784. The molecule has 0 amide bonds. The minimum Gasteiger partial charge on any atom is -0.344 e. The molecule has 1 heterocycles. The SMILES string of the molecule is CCCC.Cc1ccccc1C(C)(C)c1cc2c(cc1C)c1cc3c(cc1n2C)C(C)(C)c1ccccc1C3(C)C. The number of benzene rings is 4. The van der Waals surface area contributed by atoms with Crippen LogP contribution >= 0.6 is 0 Å². The Kier molecular flexibility index (Phi) is 7.26. The monoisotopic (exact) mass is 543 g/mol. The number of nitrogens with zero attached hydrogens (tertiary/aromatic N) is 1. The molecule has 41 heavy (non-hydrogen) atoms. The molecule has 0 saturated carbocycles. The zero-order chi connectivity index (χ0) is 29.9. The zero-order valence-corrected chi connectivity index (χ0v) is 27.3. The first-order valence-electron chi connectivity index (χ1n) is 15.5. The van der Waals surface area contributed by atoms with Crippen molar-refractivity contribution in [2.24, 2.45) is 7.05 Å². The summed E-state index contributed by atoms with van der Waals surface area (Å²) < 4.78 is 2.42. The molecule has 1 aliphatic rings. The lowest BCUT2D eigenvalue weighted by Crippen LogP contribution is -2.36. The summed E-state index contributed by atoms with van der Waals surface area (Å²) >= 11 is 0. The highest BCUT2D eigenvalue weighted by Crippen LogP contribution is 2.51. The van der Waals surface area contributed by atoms with Crippen LogP contribution in [-0.4, -0.2) is 4.57 Å². The molecule has 214 valence electrons. The number of hydrogen-bond acceptors (Lipinski definition) is 0. The quantitative estimate of drug-likeness (QED) is 0.213. The molecule has 1 aliphatic carbocycles. The van der Waals surface area contributed by atoms with Crippen LogP contribution in [0.1, 0.15) is 113 Å². The van der Waals surface area contributed by atoms with E-state index in [-0.39, 0.29) is 16.2 Å². The van der Waals surface area contributed by atoms with Crippen LogP contribution in [0.15, 0.2) is 72.8 Å². The molecule has 0 N–H and O–H groups in total. The molecule has 0 fully saturated rings. The predicted molar refractivity (Wildman–Crippen MR) is 180 cm³/mol. The molecule has 0 radical (unpaired) electrons. The van der Waals surface area contributed by atoms with Crippen LogP contribution in [0.3, 0.4) is 0 Å². The van der Waals surface area contributed by atoms with E-state index >= 15 is 0 Å². The maximum absolute atomic E-state index is 2.51. The van der Waals surface area contributed by atoms with Gasteiger partial charge in [0, 0.05) is 45.1 Å². The van der Waals surface area contributed by atoms with Crippen molar-refractivity contribution in [2.75, 3.05) is 0 Å². The predicted octanol–water partition coefficient (Wildman–Crippen LogP) is 11.0. The molecular formula is C40H49N. The molecule has 5 aromatic rings. The van der Waals surface area contributed by atoms with Gasteiger partial charge in [-0.3, -0.25) is 0 Å². The lowest BCUT2D eigenvalue weighted by molar-refractivity contribution is 0.521. The molecule has 0 spiro atoms.